The molecule has 0 heterocycles. The minimum atomic E-state index is -2.26. The van der Waals surface area contributed by atoms with Gasteiger partial charge in [-0.25, -0.2) is 27.4 Å². The van der Waals surface area contributed by atoms with Gasteiger partial charge in [-0.1, -0.05) is 32.9 Å². The molecule has 0 radical (unpaired) electrons. The number of carbonyl (C=O) groups is 1. The van der Waals surface area contributed by atoms with Gasteiger partial charge in [-0.2, -0.15) is 5.10 Å². The highest BCUT2D eigenvalue weighted by molar-refractivity contribution is 5.95. The number of halogens is 5. The van der Waals surface area contributed by atoms with E-state index in [1.165, 1.54) is 12.1 Å². The number of hydrazone groups is 1. The molecule has 1 N–H and O–H groups in total. The van der Waals surface area contributed by atoms with Crippen molar-refractivity contribution in [2.75, 3.05) is 0 Å². The van der Waals surface area contributed by atoms with Gasteiger partial charge in [0.1, 0.15) is 0 Å². The van der Waals surface area contributed by atoms with Crippen LogP contribution in [0.1, 0.15) is 42.3 Å². The number of hydrogen-bond acceptors (Lipinski definition) is 2. The topological polar surface area (TPSA) is 41.5 Å². The standard InChI is InChI=1S/C18H15F5N2O/c1-18(2,3)10-6-4-9(5-7-10)17(26)25-24-8-11-12(19)14(21)16(23)15(22)13(11)20/h4-8H,1-3H3,(H,25,26). The van der Waals surface area contributed by atoms with Crippen LogP contribution in [0.2, 0.25) is 0 Å². The van der Waals surface area contributed by atoms with Gasteiger partial charge < -0.3 is 0 Å². The minimum absolute atomic E-state index is 0.112. The molecule has 0 saturated heterocycles. The molecule has 0 aromatic heterocycles. The maximum atomic E-state index is 13.5. The molecule has 138 valence electrons. The summed E-state index contributed by atoms with van der Waals surface area (Å²) in [6.45, 7) is 5.99. The van der Waals surface area contributed by atoms with Gasteiger partial charge in [0.25, 0.3) is 5.91 Å². The van der Waals surface area contributed by atoms with E-state index in [-0.39, 0.29) is 11.0 Å². The monoisotopic (exact) mass is 370 g/mol. The summed E-state index contributed by atoms with van der Waals surface area (Å²) in [4.78, 5) is 11.9. The zero-order valence-corrected chi connectivity index (χ0v) is 14.1. The summed E-state index contributed by atoms with van der Waals surface area (Å²) in [5.41, 5.74) is 1.81. The predicted octanol–water partition coefficient (Wildman–Crippen LogP) is 4.44. The first-order chi connectivity index (χ1) is 12.0. The van der Waals surface area contributed by atoms with Gasteiger partial charge in [0.15, 0.2) is 23.3 Å². The molecule has 0 aliphatic heterocycles. The fourth-order valence-electron chi connectivity index (χ4n) is 2.08. The predicted molar refractivity (Wildman–Crippen MR) is 86.4 cm³/mol. The van der Waals surface area contributed by atoms with Gasteiger partial charge in [-0.05, 0) is 23.1 Å². The molecule has 0 bridgehead atoms. The minimum Gasteiger partial charge on any atom is -0.267 e. The van der Waals surface area contributed by atoms with Crippen LogP contribution in [0.4, 0.5) is 22.0 Å². The van der Waals surface area contributed by atoms with Crippen LogP contribution in [0.5, 0.6) is 0 Å². The molecule has 1 amide bonds. The fraction of sp³-hybridized carbons (Fsp3) is 0.222. The first-order valence-electron chi connectivity index (χ1n) is 7.49. The number of rotatable bonds is 3. The third-order valence-corrected chi connectivity index (χ3v) is 3.62. The zero-order chi connectivity index (χ0) is 19.6. The second-order valence-corrected chi connectivity index (χ2v) is 6.51. The zero-order valence-electron chi connectivity index (χ0n) is 14.1. The molecule has 0 aliphatic rings. The number of benzene rings is 2. The quantitative estimate of drug-likeness (QED) is 0.280. The van der Waals surface area contributed by atoms with Crippen LogP contribution in [-0.2, 0) is 5.41 Å². The second kappa shape index (κ2) is 7.23. The van der Waals surface area contributed by atoms with E-state index >= 15 is 0 Å². The lowest BCUT2D eigenvalue weighted by atomic mass is 9.87. The Balaban J connectivity index is 2.18. The number of carbonyl (C=O) groups excluding carboxylic acids is 1. The van der Waals surface area contributed by atoms with Gasteiger partial charge in [0.2, 0.25) is 5.82 Å². The van der Waals surface area contributed by atoms with Crippen LogP contribution in [0.15, 0.2) is 29.4 Å². The van der Waals surface area contributed by atoms with Crippen molar-refractivity contribution in [3.05, 3.63) is 70.0 Å². The molecule has 3 nitrogen and oxygen atoms in total. The van der Waals surface area contributed by atoms with Crippen LogP contribution in [0.25, 0.3) is 0 Å². The average Bonchev–Trinajstić information content (AvgIpc) is 2.60. The first kappa shape index (κ1) is 19.6. The summed E-state index contributed by atoms with van der Waals surface area (Å²) < 4.78 is 66.1. The van der Waals surface area contributed by atoms with E-state index in [0.29, 0.717) is 6.21 Å². The summed E-state index contributed by atoms with van der Waals surface area (Å²) in [5.74, 6) is -11.2. The van der Waals surface area contributed by atoms with Gasteiger partial charge >= 0.3 is 0 Å². The molecule has 0 saturated carbocycles. The van der Waals surface area contributed by atoms with Crippen molar-refractivity contribution in [3.63, 3.8) is 0 Å². The van der Waals surface area contributed by atoms with Crippen LogP contribution in [0.3, 0.4) is 0 Å². The van der Waals surface area contributed by atoms with E-state index in [2.05, 4.69) is 5.10 Å². The number of nitrogens with one attached hydrogen (secondary N) is 1. The highest BCUT2D eigenvalue weighted by Gasteiger charge is 2.24. The number of hydrogen-bond donors (Lipinski definition) is 1. The molecule has 0 spiro atoms. The Morgan fingerprint density at radius 3 is 1.81 bits per heavy atom. The molecule has 0 unspecified atom stereocenters. The lowest BCUT2D eigenvalue weighted by Crippen LogP contribution is -2.19. The molecule has 0 fully saturated rings. The summed E-state index contributed by atoms with van der Waals surface area (Å²) in [6.07, 6.45) is 0.359. The van der Waals surface area contributed by atoms with E-state index in [1.807, 2.05) is 26.2 Å². The largest absolute Gasteiger partial charge is 0.271 e. The lowest BCUT2D eigenvalue weighted by Gasteiger charge is -2.18. The van der Waals surface area contributed by atoms with Crippen molar-refractivity contribution < 1.29 is 26.7 Å². The highest BCUT2D eigenvalue weighted by atomic mass is 19.2. The van der Waals surface area contributed by atoms with E-state index in [9.17, 15) is 26.7 Å². The SMILES string of the molecule is CC(C)(C)c1ccc(C(=O)NN=Cc2c(F)c(F)c(F)c(F)c2F)cc1. The number of amides is 1. The molecule has 2 rings (SSSR count). The Hall–Kier alpha value is -2.77. The molecule has 0 aliphatic carbocycles. The normalized spacial score (nSPS) is 11.8. The Morgan fingerprint density at radius 1 is 0.885 bits per heavy atom. The fourth-order valence-corrected chi connectivity index (χ4v) is 2.08. The van der Waals surface area contributed by atoms with E-state index in [4.69, 9.17) is 0 Å². The summed E-state index contributed by atoms with van der Waals surface area (Å²) in [5, 5.41) is 3.26. The average molecular weight is 370 g/mol. The van der Waals surface area contributed by atoms with Crippen LogP contribution in [0, 0.1) is 29.1 Å². The van der Waals surface area contributed by atoms with Crippen molar-refractivity contribution >= 4 is 12.1 Å². The van der Waals surface area contributed by atoms with E-state index in [0.717, 1.165) is 5.56 Å². The smallest absolute Gasteiger partial charge is 0.267 e. The summed E-state index contributed by atoms with van der Waals surface area (Å²) in [7, 11) is 0. The van der Waals surface area contributed by atoms with Crippen molar-refractivity contribution in [2.45, 2.75) is 26.2 Å². The van der Waals surface area contributed by atoms with Crippen molar-refractivity contribution in [2.24, 2.45) is 5.10 Å². The summed E-state index contributed by atoms with van der Waals surface area (Å²) in [6, 6.07) is 6.54. The van der Waals surface area contributed by atoms with E-state index < -0.39 is 40.6 Å². The molecule has 8 heteroatoms. The molecule has 2 aromatic rings. The van der Waals surface area contributed by atoms with Gasteiger partial charge in [0.05, 0.1) is 11.8 Å². The third-order valence-electron chi connectivity index (χ3n) is 3.62. The number of nitrogens with zero attached hydrogens (tertiary/aromatic N) is 1. The van der Waals surface area contributed by atoms with Gasteiger partial charge in [-0.15, -0.1) is 0 Å². The van der Waals surface area contributed by atoms with Gasteiger partial charge in [-0.3, -0.25) is 4.79 Å². The van der Waals surface area contributed by atoms with E-state index in [1.54, 1.807) is 12.1 Å². The van der Waals surface area contributed by atoms with Crippen molar-refractivity contribution in [1.82, 2.24) is 5.43 Å². The Kier molecular flexibility index (Phi) is 5.44. The summed E-state index contributed by atoms with van der Waals surface area (Å²) >= 11 is 0. The first-order valence-corrected chi connectivity index (χ1v) is 7.49. The maximum Gasteiger partial charge on any atom is 0.271 e. The van der Waals surface area contributed by atoms with Crippen LogP contribution < -0.4 is 5.43 Å². The van der Waals surface area contributed by atoms with Gasteiger partial charge in [0, 0.05) is 5.56 Å². The maximum absolute atomic E-state index is 13.5. The second-order valence-electron chi connectivity index (χ2n) is 6.51. The lowest BCUT2D eigenvalue weighted by molar-refractivity contribution is 0.0955. The molecular weight excluding hydrogens is 355 g/mol. The van der Waals surface area contributed by atoms with Crippen molar-refractivity contribution in [3.8, 4) is 0 Å². The molecular formula is C18H15F5N2O. The highest BCUT2D eigenvalue weighted by Crippen LogP contribution is 2.23. The molecule has 0 atom stereocenters. The molecule has 26 heavy (non-hydrogen) atoms. The Bertz CT molecular complexity index is 842. The molecule has 2 aromatic carbocycles. The Labute approximate surface area is 146 Å². The van der Waals surface area contributed by atoms with Crippen molar-refractivity contribution in [1.29, 1.82) is 0 Å². The Morgan fingerprint density at radius 2 is 1.35 bits per heavy atom. The van der Waals surface area contributed by atoms with Crippen LogP contribution >= 0.6 is 0 Å². The third kappa shape index (κ3) is 3.89. The van der Waals surface area contributed by atoms with Crippen LogP contribution in [-0.4, -0.2) is 12.1 Å².